The van der Waals surface area contributed by atoms with Gasteiger partial charge in [0, 0.05) is 43.1 Å². The third kappa shape index (κ3) is 12.8. The van der Waals surface area contributed by atoms with Crippen LogP contribution in [0.2, 0.25) is 0 Å². The topological polar surface area (TPSA) is 50.5 Å². The quantitative estimate of drug-likeness (QED) is 0.127. The van der Waals surface area contributed by atoms with Crippen LogP contribution in [0.25, 0.3) is 0 Å². The van der Waals surface area contributed by atoms with Gasteiger partial charge in [0.1, 0.15) is 12.8 Å². The number of rotatable bonds is 19. The molecule has 0 spiro atoms. The summed E-state index contributed by atoms with van der Waals surface area (Å²) in [5.41, 5.74) is 2.52. The van der Waals surface area contributed by atoms with E-state index >= 15 is 0 Å². The number of nitrogens with zero attached hydrogens (tertiary/aromatic N) is 2. The Morgan fingerprint density at radius 3 is 2.00 bits per heavy atom. The minimum absolute atomic E-state index is 0.189. The first kappa shape index (κ1) is 34.5. The fourth-order valence-corrected chi connectivity index (χ4v) is 5.29. The Morgan fingerprint density at radius 1 is 0.829 bits per heavy atom. The van der Waals surface area contributed by atoms with Crippen molar-refractivity contribution in [2.24, 2.45) is 7.05 Å². The average molecular weight is 566 g/mol. The van der Waals surface area contributed by atoms with Gasteiger partial charge in [-0.15, -0.1) is 0 Å². The van der Waals surface area contributed by atoms with Crippen molar-refractivity contribution in [3.8, 4) is 5.75 Å². The van der Waals surface area contributed by atoms with E-state index in [-0.39, 0.29) is 17.2 Å². The van der Waals surface area contributed by atoms with E-state index in [0.29, 0.717) is 18.7 Å². The maximum atomic E-state index is 13.4. The Balaban J connectivity index is 1.84. The largest absolute Gasteiger partial charge is 0.493 e. The van der Waals surface area contributed by atoms with Crippen molar-refractivity contribution in [3.63, 3.8) is 0 Å². The Hall–Kier alpha value is -2.69. The predicted octanol–water partition coefficient (Wildman–Crippen LogP) is 8.51. The molecule has 41 heavy (non-hydrogen) atoms. The molecule has 5 nitrogen and oxygen atoms in total. The van der Waals surface area contributed by atoms with Gasteiger partial charge in [0.05, 0.1) is 6.61 Å². The van der Waals surface area contributed by atoms with Crippen molar-refractivity contribution in [1.29, 1.82) is 0 Å². The molecule has 2 amide bonds. The number of hydrogen-bond donors (Lipinski definition) is 0. The summed E-state index contributed by atoms with van der Waals surface area (Å²) < 4.78 is 8.30. The van der Waals surface area contributed by atoms with E-state index in [4.69, 9.17) is 4.74 Å². The van der Waals surface area contributed by atoms with Crippen LogP contribution in [-0.4, -0.2) is 29.9 Å². The van der Waals surface area contributed by atoms with Crippen LogP contribution in [0.15, 0.2) is 42.6 Å². The predicted molar refractivity (Wildman–Crippen MR) is 169 cm³/mol. The van der Waals surface area contributed by atoms with Gasteiger partial charge in [-0.1, -0.05) is 104 Å². The first-order chi connectivity index (χ1) is 19.6. The molecule has 1 aromatic heterocycles. The summed E-state index contributed by atoms with van der Waals surface area (Å²) in [5.74, 6) is 0.369. The fourth-order valence-electron chi connectivity index (χ4n) is 5.29. The second kappa shape index (κ2) is 18.7. The molecule has 0 atom stereocenters. The Labute approximate surface area is 250 Å². The summed E-state index contributed by atoms with van der Waals surface area (Å²) in [6.07, 6.45) is 19.3. The maximum absolute atomic E-state index is 13.4. The van der Waals surface area contributed by atoms with Crippen LogP contribution >= 0.6 is 0 Å². The third-order valence-corrected chi connectivity index (χ3v) is 7.89. The third-order valence-electron chi connectivity index (χ3n) is 7.89. The minimum atomic E-state index is -0.243. The lowest BCUT2D eigenvalue weighted by Crippen LogP contribution is -2.37. The number of carbonyl (C=O) groups excluding carboxylic acids is 2. The normalized spacial score (nSPS) is 11.5. The zero-order valence-corrected chi connectivity index (χ0v) is 27.0. The first-order valence-corrected chi connectivity index (χ1v) is 16.2. The second-order valence-electron chi connectivity index (χ2n) is 12.6. The van der Waals surface area contributed by atoms with Crippen molar-refractivity contribution < 1.29 is 18.9 Å². The van der Waals surface area contributed by atoms with Gasteiger partial charge in [0.2, 0.25) is 5.91 Å². The summed E-state index contributed by atoms with van der Waals surface area (Å²) >= 11 is 0. The standard InChI is InChI=1S/C36H57N2O3/c1-7-8-9-10-11-12-13-14-15-16-17-20-28-41-34-25-24-31(29-33(34)36(3,4)5)35(40)38(30(2)39)27-21-23-32-22-18-19-26-37(32)6/h18-19,22,24-26,29H,7-17,20-21,23,27-28H2,1-6H3/q+1. The number of pyridine rings is 1. The van der Waals surface area contributed by atoms with Gasteiger partial charge >= 0.3 is 0 Å². The summed E-state index contributed by atoms with van der Waals surface area (Å²) in [4.78, 5) is 27.2. The highest BCUT2D eigenvalue weighted by atomic mass is 16.5. The average Bonchev–Trinajstić information content (AvgIpc) is 2.93. The summed E-state index contributed by atoms with van der Waals surface area (Å²) in [7, 11) is 2.01. The lowest BCUT2D eigenvalue weighted by atomic mass is 9.85. The van der Waals surface area contributed by atoms with Crippen LogP contribution in [0, 0.1) is 0 Å². The van der Waals surface area contributed by atoms with E-state index in [1.807, 2.05) is 43.6 Å². The number of aromatic nitrogens is 1. The molecular weight excluding hydrogens is 508 g/mol. The molecule has 0 saturated carbocycles. The molecule has 2 rings (SSSR count). The highest BCUT2D eigenvalue weighted by molar-refractivity contribution is 6.04. The van der Waals surface area contributed by atoms with E-state index in [0.717, 1.165) is 30.6 Å². The number of carbonyl (C=O) groups is 2. The number of unbranched alkanes of at least 4 members (excludes halogenated alkanes) is 11. The molecule has 0 aliphatic carbocycles. The van der Waals surface area contributed by atoms with Gasteiger partial charge in [-0.05, 0) is 36.5 Å². The van der Waals surface area contributed by atoms with Gasteiger partial charge in [-0.25, -0.2) is 4.57 Å². The molecule has 1 heterocycles. The lowest BCUT2D eigenvalue weighted by molar-refractivity contribution is -0.679. The van der Waals surface area contributed by atoms with Gasteiger partial charge < -0.3 is 4.74 Å². The fraction of sp³-hybridized carbons (Fsp3) is 0.639. The number of imide groups is 1. The molecule has 0 saturated heterocycles. The summed E-state index contributed by atoms with van der Waals surface area (Å²) in [6, 6.07) is 11.7. The Morgan fingerprint density at radius 2 is 1.44 bits per heavy atom. The molecule has 0 fully saturated rings. The van der Waals surface area contributed by atoms with E-state index in [1.54, 1.807) is 0 Å². The van der Waals surface area contributed by atoms with Crippen LogP contribution in [0.5, 0.6) is 5.75 Å². The smallest absolute Gasteiger partial charge is 0.260 e. The number of benzene rings is 1. The van der Waals surface area contributed by atoms with Gasteiger partial charge in [-0.3, -0.25) is 14.5 Å². The van der Waals surface area contributed by atoms with Crippen molar-refractivity contribution in [1.82, 2.24) is 4.90 Å². The maximum Gasteiger partial charge on any atom is 0.260 e. The van der Waals surface area contributed by atoms with E-state index < -0.39 is 0 Å². The van der Waals surface area contributed by atoms with E-state index in [1.165, 1.54) is 88.1 Å². The molecule has 2 aromatic rings. The number of aryl methyl sites for hydroxylation is 2. The van der Waals surface area contributed by atoms with Crippen molar-refractivity contribution >= 4 is 11.8 Å². The van der Waals surface area contributed by atoms with Crippen LogP contribution < -0.4 is 9.30 Å². The van der Waals surface area contributed by atoms with Gasteiger partial charge in [0.15, 0.2) is 11.9 Å². The van der Waals surface area contributed by atoms with Crippen molar-refractivity contribution in [3.05, 3.63) is 59.4 Å². The molecule has 1 aromatic carbocycles. The molecule has 0 bridgehead atoms. The number of hydrogen-bond acceptors (Lipinski definition) is 3. The highest BCUT2D eigenvalue weighted by Gasteiger charge is 2.25. The molecule has 5 heteroatoms. The highest BCUT2D eigenvalue weighted by Crippen LogP contribution is 2.33. The summed E-state index contributed by atoms with van der Waals surface area (Å²) in [5, 5.41) is 0. The van der Waals surface area contributed by atoms with Crippen molar-refractivity contribution in [2.75, 3.05) is 13.2 Å². The molecule has 0 aliphatic rings. The van der Waals surface area contributed by atoms with Crippen LogP contribution in [-0.2, 0) is 23.7 Å². The molecule has 228 valence electrons. The summed E-state index contributed by atoms with van der Waals surface area (Å²) in [6.45, 7) is 11.2. The zero-order chi connectivity index (χ0) is 30.1. The molecule has 0 unspecified atom stereocenters. The first-order valence-electron chi connectivity index (χ1n) is 16.2. The lowest BCUT2D eigenvalue weighted by Gasteiger charge is -2.25. The van der Waals surface area contributed by atoms with E-state index in [9.17, 15) is 9.59 Å². The van der Waals surface area contributed by atoms with Gasteiger partial charge in [0.25, 0.3) is 5.91 Å². The zero-order valence-electron chi connectivity index (χ0n) is 27.0. The molecule has 0 radical (unpaired) electrons. The molecule has 0 aliphatic heterocycles. The molecule has 0 N–H and O–H groups in total. The Kier molecular flexibility index (Phi) is 15.7. The number of ether oxygens (including phenoxy) is 1. The Bertz CT molecular complexity index is 1060. The van der Waals surface area contributed by atoms with Crippen LogP contribution in [0.3, 0.4) is 0 Å². The minimum Gasteiger partial charge on any atom is -0.493 e. The van der Waals surface area contributed by atoms with Crippen LogP contribution in [0.1, 0.15) is 140 Å². The monoisotopic (exact) mass is 565 g/mol. The van der Waals surface area contributed by atoms with Gasteiger partial charge in [-0.2, -0.15) is 0 Å². The van der Waals surface area contributed by atoms with E-state index in [2.05, 4.69) is 38.3 Å². The number of amides is 2. The van der Waals surface area contributed by atoms with Crippen molar-refractivity contribution in [2.45, 2.75) is 130 Å². The van der Waals surface area contributed by atoms with Crippen LogP contribution in [0.4, 0.5) is 0 Å². The SMILES string of the molecule is CCCCCCCCCCCCCCOc1ccc(C(=O)N(CCCc2cccc[n+]2C)C(C)=O)cc1C(C)(C)C. The second-order valence-corrected chi connectivity index (χ2v) is 12.6. The molecular formula is C36H57N2O3+.